The molecule has 0 atom stereocenters. The van der Waals surface area contributed by atoms with Gasteiger partial charge in [0.2, 0.25) is 0 Å². The number of hydrogen-bond donors (Lipinski definition) is 0. The van der Waals surface area contributed by atoms with Crippen molar-refractivity contribution >= 4 is 16.6 Å². The number of hydrogen-bond acceptors (Lipinski definition) is 2. The average Bonchev–Trinajstić information content (AvgIpc) is 2.78. The van der Waals surface area contributed by atoms with E-state index < -0.39 is 0 Å². The Balaban J connectivity index is 2.54. The Morgan fingerprint density at radius 1 is 1.25 bits per heavy atom. The highest BCUT2D eigenvalue weighted by Gasteiger charge is 2.04. The van der Waals surface area contributed by atoms with Gasteiger partial charge in [-0.3, -0.25) is 0 Å². The summed E-state index contributed by atoms with van der Waals surface area (Å²) in [6, 6.07) is 11.8. The van der Waals surface area contributed by atoms with Crippen LogP contribution < -0.4 is 0 Å². The maximum absolute atomic E-state index is 8.86. The quantitative estimate of drug-likeness (QED) is 0.568. The molecule has 3 heteroatoms. The second-order valence-corrected chi connectivity index (χ2v) is 3.78. The van der Waals surface area contributed by atoms with Crippen LogP contribution in [0.3, 0.4) is 0 Å². The zero-order valence-corrected chi connectivity index (χ0v) is 8.81. The summed E-state index contributed by atoms with van der Waals surface area (Å²) in [6.45, 7) is 1.98. The van der Waals surface area contributed by atoms with Crippen molar-refractivity contribution in [3.63, 3.8) is 0 Å². The summed E-state index contributed by atoms with van der Waals surface area (Å²) in [6.07, 6.45) is 2.01. The molecule has 0 radical (unpaired) electrons. The fourth-order valence-corrected chi connectivity index (χ4v) is 2.01. The molecule has 16 heavy (non-hydrogen) atoms. The first-order valence-electron chi connectivity index (χ1n) is 5.07. The van der Waals surface area contributed by atoms with Gasteiger partial charge in [0.15, 0.2) is 0 Å². The Morgan fingerprint density at radius 2 is 2.12 bits per heavy atom. The molecule has 2 aromatic heterocycles. The molecule has 3 nitrogen and oxygen atoms in total. The maximum atomic E-state index is 8.86. The van der Waals surface area contributed by atoms with Crippen LogP contribution in [0.4, 0.5) is 0 Å². The molecule has 3 aromatic rings. The third kappa shape index (κ3) is 1.10. The summed E-state index contributed by atoms with van der Waals surface area (Å²) in [7, 11) is 0. The number of nitriles is 1. The molecule has 2 heterocycles. The highest BCUT2D eigenvalue weighted by Crippen LogP contribution is 2.19. The van der Waals surface area contributed by atoms with E-state index in [4.69, 9.17) is 5.26 Å². The normalized spacial score (nSPS) is 10.8. The molecule has 0 aliphatic heterocycles. The van der Waals surface area contributed by atoms with Gasteiger partial charge in [-0.05, 0) is 37.3 Å². The number of aryl methyl sites for hydroxylation is 1. The van der Waals surface area contributed by atoms with Crippen LogP contribution in [0.1, 0.15) is 11.3 Å². The molecule has 0 N–H and O–H groups in total. The van der Waals surface area contributed by atoms with E-state index in [-0.39, 0.29) is 0 Å². The molecule has 0 bridgehead atoms. The third-order valence-corrected chi connectivity index (χ3v) is 2.77. The number of aromatic nitrogens is 2. The van der Waals surface area contributed by atoms with Crippen molar-refractivity contribution < 1.29 is 0 Å². The zero-order valence-electron chi connectivity index (χ0n) is 8.81. The predicted molar refractivity (Wildman–Crippen MR) is 62.2 cm³/mol. The Hall–Kier alpha value is -2.34. The molecular formula is C13H9N3. The Kier molecular flexibility index (Phi) is 1.72. The topological polar surface area (TPSA) is 41.1 Å². The lowest BCUT2D eigenvalue weighted by Crippen LogP contribution is -1.93. The molecule has 0 saturated heterocycles. The molecule has 0 aliphatic carbocycles. The van der Waals surface area contributed by atoms with E-state index in [1.54, 1.807) is 0 Å². The largest absolute Gasteiger partial charge is 0.313 e. The van der Waals surface area contributed by atoms with E-state index in [2.05, 4.69) is 15.5 Å². The lowest BCUT2D eigenvalue weighted by Gasteiger charge is -2.05. The van der Waals surface area contributed by atoms with E-state index in [9.17, 15) is 0 Å². The number of benzene rings is 1. The third-order valence-electron chi connectivity index (χ3n) is 2.77. The Bertz CT molecular complexity index is 732. The minimum absolute atomic E-state index is 0.644. The van der Waals surface area contributed by atoms with E-state index in [1.165, 1.54) is 0 Å². The molecule has 3 rings (SSSR count). The molecule has 0 fully saturated rings. The van der Waals surface area contributed by atoms with Gasteiger partial charge in [0, 0.05) is 6.20 Å². The highest BCUT2D eigenvalue weighted by atomic mass is 14.9. The van der Waals surface area contributed by atoms with E-state index in [0.717, 1.165) is 22.2 Å². The van der Waals surface area contributed by atoms with Crippen LogP contribution in [0.15, 0.2) is 36.5 Å². The van der Waals surface area contributed by atoms with Crippen LogP contribution in [-0.2, 0) is 0 Å². The van der Waals surface area contributed by atoms with Crippen molar-refractivity contribution in [2.75, 3.05) is 0 Å². The van der Waals surface area contributed by atoms with Gasteiger partial charge in [0.05, 0.1) is 33.9 Å². The monoisotopic (exact) mass is 207 g/mol. The number of rotatable bonds is 0. The van der Waals surface area contributed by atoms with Gasteiger partial charge in [-0.25, -0.2) is 4.98 Å². The SMILES string of the molecule is Cc1nc2cc(C#N)ccc2n2cccc12. The van der Waals surface area contributed by atoms with Crippen LogP contribution >= 0.6 is 0 Å². The fourth-order valence-electron chi connectivity index (χ4n) is 2.01. The standard InChI is InChI=1S/C13H9N3/c1-9-12-3-2-6-16(12)13-5-4-10(8-14)7-11(13)15-9/h2-7H,1H3. The van der Waals surface area contributed by atoms with Gasteiger partial charge < -0.3 is 4.40 Å². The first-order chi connectivity index (χ1) is 7.79. The number of fused-ring (bicyclic) bond motifs is 3. The first-order valence-corrected chi connectivity index (χ1v) is 5.07. The van der Waals surface area contributed by atoms with E-state index in [1.807, 2.05) is 43.5 Å². The molecule has 0 aliphatic rings. The Morgan fingerprint density at radius 3 is 2.94 bits per heavy atom. The van der Waals surface area contributed by atoms with Crippen molar-refractivity contribution in [2.24, 2.45) is 0 Å². The van der Waals surface area contributed by atoms with Gasteiger partial charge in [-0.1, -0.05) is 0 Å². The van der Waals surface area contributed by atoms with Crippen molar-refractivity contribution in [2.45, 2.75) is 6.92 Å². The van der Waals surface area contributed by atoms with Crippen molar-refractivity contribution in [1.29, 1.82) is 5.26 Å². The van der Waals surface area contributed by atoms with Crippen LogP contribution in [0.5, 0.6) is 0 Å². The summed E-state index contributed by atoms with van der Waals surface area (Å²) in [5, 5.41) is 8.86. The molecule has 0 saturated carbocycles. The van der Waals surface area contributed by atoms with Gasteiger partial charge in [-0.2, -0.15) is 5.26 Å². The van der Waals surface area contributed by atoms with Gasteiger partial charge >= 0.3 is 0 Å². The van der Waals surface area contributed by atoms with Crippen molar-refractivity contribution in [3.05, 3.63) is 47.8 Å². The highest BCUT2D eigenvalue weighted by molar-refractivity contribution is 5.80. The minimum atomic E-state index is 0.644. The molecule has 1 aromatic carbocycles. The smallest absolute Gasteiger partial charge is 0.0992 e. The summed E-state index contributed by atoms with van der Waals surface area (Å²) < 4.78 is 2.10. The second-order valence-electron chi connectivity index (χ2n) is 3.78. The summed E-state index contributed by atoms with van der Waals surface area (Å²) in [5.74, 6) is 0. The summed E-state index contributed by atoms with van der Waals surface area (Å²) >= 11 is 0. The van der Waals surface area contributed by atoms with Crippen LogP contribution in [-0.4, -0.2) is 9.38 Å². The van der Waals surface area contributed by atoms with Crippen molar-refractivity contribution in [3.8, 4) is 6.07 Å². The van der Waals surface area contributed by atoms with Crippen molar-refractivity contribution in [1.82, 2.24) is 9.38 Å². The Labute approximate surface area is 92.6 Å². The average molecular weight is 207 g/mol. The predicted octanol–water partition coefficient (Wildman–Crippen LogP) is 2.67. The second kappa shape index (κ2) is 3.07. The van der Waals surface area contributed by atoms with Crippen LogP contribution in [0.2, 0.25) is 0 Å². The minimum Gasteiger partial charge on any atom is -0.313 e. The zero-order chi connectivity index (χ0) is 11.1. The first kappa shape index (κ1) is 8.93. The molecule has 0 spiro atoms. The van der Waals surface area contributed by atoms with E-state index in [0.29, 0.717) is 5.56 Å². The lowest BCUT2D eigenvalue weighted by atomic mass is 10.2. The maximum Gasteiger partial charge on any atom is 0.0992 e. The van der Waals surface area contributed by atoms with E-state index >= 15 is 0 Å². The van der Waals surface area contributed by atoms with Gasteiger partial charge in [-0.15, -0.1) is 0 Å². The van der Waals surface area contributed by atoms with Gasteiger partial charge in [0.1, 0.15) is 0 Å². The van der Waals surface area contributed by atoms with Gasteiger partial charge in [0.25, 0.3) is 0 Å². The van der Waals surface area contributed by atoms with Crippen LogP contribution in [0, 0.1) is 18.3 Å². The van der Waals surface area contributed by atoms with Crippen LogP contribution in [0.25, 0.3) is 16.6 Å². The molecular weight excluding hydrogens is 198 g/mol. The molecule has 0 amide bonds. The number of nitrogens with zero attached hydrogens (tertiary/aromatic N) is 3. The summed E-state index contributed by atoms with van der Waals surface area (Å²) in [5.41, 5.74) is 4.63. The fraction of sp³-hybridized carbons (Fsp3) is 0.0769. The molecule has 0 unspecified atom stereocenters. The lowest BCUT2D eigenvalue weighted by molar-refractivity contribution is 1.17. The summed E-state index contributed by atoms with van der Waals surface area (Å²) in [4.78, 5) is 4.51. The molecule has 76 valence electrons.